The molecule has 1 saturated carbocycles. The Morgan fingerprint density at radius 2 is 0.863 bits per heavy atom. The topological polar surface area (TPSA) is 66.5 Å². The van der Waals surface area contributed by atoms with Crippen LogP contribution in [0.25, 0.3) is 0 Å². The van der Waals surface area contributed by atoms with E-state index in [-0.39, 0.29) is 5.54 Å². The SMILES string of the molecule is CC(C)N1CCCCC1.CC(C)N1CCCCC1C.CC(C)N1CCCC[C@H]1C.CC(C)N1CCOCC1(C)C.CC(C)N1CCOC[C@H]1C.CC(C)N1CC[C@@H](C2CC2)C1.CC(C)N1C[C@@H](C)O[C@@H](C)C1.CC1CCCC(C)N1C(C)(C)C.Cc1cncc(C)c1C(C)C. The first-order valence-electron chi connectivity index (χ1n) is 40.2. The van der Waals surface area contributed by atoms with Crippen molar-refractivity contribution in [3.8, 4) is 0 Å². The van der Waals surface area contributed by atoms with Crippen LogP contribution in [-0.2, 0) is 14.2 Å². The van der Waals surface area contributed by atoms with Gasteiger partial charge in [-0.05, 0) is 332 Å². The minimum Gasteiger partial charge on any atom is -0.379 e. The number of ether oxygens (including phenoxy) is 3. The van der Waals surface area contributed by atoms with Crippen molar-refractivity contribution in [1.29, 1.82) is 0 Å². The highest BCUT2D eigenvalue weighted by atomic mass is 16.5. The van der Waals surface area contributed by atoms with Crippen LogP contribution in [0.4, 0.5) is 0 Å². The Hall–Kier alpha value is -1.29. The van der Waals surface area contributed by atoms with E-state index >= 15 is 0 Å². The Labute approximate surface area is 594 Å². The van der Waals surface area contributed by atoms with E-state index in [0.717, 1.165) is 113 Å². The minimum absolute atomic E-state index is 0.229. The molecule has 0 radical (unpaired) electrons. The molecule has 0 aromatic carbocycles. The van der Waals surface area contributed by atoms with Crippen LogP contribution in [0, 0.1) is 25.7 Å². The van der Waals surface area contributed by atoms with E-state index in [0.29, 0.717) is 47.8 Å². The smallest absolute Gasteiger partial charge is 0.0678 e. The minimum atomic E-state index is 0.229. The number of morpholine rings is 3. The van der Waals surface area contributed by atoms with Gasteiger partial charge in [0, 0.05) is 129 Å². The first-order valence-corrected chi connectivity index (χ1v) is 40.2. The van der Waals surface area contributed by atoms with Crippen LogP contribution in [0.15, 0.2) is 12.4 Å². The Balaban J connectivity index is 0.000000364. The zero-order chi connectivity index (χ0) is 71.9. The van der Waals surface area contributed by atoms with Crippen molar-refractivity contribution in [2.24, 2.45) is 11.8 Å². The van der Waals surface area contributed by atoms with Crippen LogP contribution >= 0.6 is 0 Å². The van der Waals surface area contributed by atoms with Gasteiger partial charge in [0.25, 0.3) is 0 Å². The van der Waals surface area contributed by atoms with Crippen molar-refractivity contribution < 1.29 is 14.2 Å². The lowest BCUT2D eigenvalue weighted by atomic mass is 9.91. The number of aromatic nitrogens is 1. The number of likely N-dealkylation sites (tertiary alicyclic amines) is 5. The summed E-state index contributed by atoms with van der Waals surface area (Å²) in [5.41, 5.74) is 4.63. The molecule has 9 aliphatic rings. The summed E-state index contributed by atoms with van der Waals surface area (Å²) >= 11 is 0. The van der Waals surface area contributed by atoms with Gasteiger partial charge in [-0.15, -0.1) is 0 Å². The molecule has 9 heterocycles. The fourth-order valence-electron chi connectivity index (χ4n) is 16.8. The van der Waals surface area contributed by atoms with Gasteiger partial charge in [0.1, 0.15) is 0 Å². The molecule has 1 aromatic heterocycles. The van der Waals surface area contributed by atoms with Crippen LogP contribution in [0.1, 0.15) is 313 Å². The molecule has 0 bridgehead atoms. The monoisotopic (exact) mass is 1340 g/mol. The van der Waals surface area contributed by atoms with E-state index in [4.69, 9.17) is 14.2 Å². The molecule has 1 aromatic rings. The van der Waals surface area contributed by atoms with Gasteiger partial charge in [-0.3, -0.25) is 34.4 Å². The van der Waals surface area contributed by atoms with Crippen LogP contribution in [0.3, 0.4) is 0 Å². The van der Waals surface area contributed by atoms with Crippen molar-refractivity contribution in [3.05, 3.63) is 29.1 Å². The normalized spacial score (nSPS) is 27.9. The Bertz CT molecular complexity index is 1950. The molecular weight excluding hydrogens is 1170 g/mol. The van der Waals surface area contributed by atoms with Crippen LogP contribution in [0.5, 0.6) is 0 Å². The first kappa shape index (κ1) is 89.8. The first-order chi connectivity index (χ1) is 44.4. The number of nitrogens with zero attached hydrogens (tertiary/aromatic N) is 9. The second-order valence-electron chi connectivity index (χ2n) is 34.8. The lowest BCUT2D eigenvalue weighted by Gasteiger charge is -2.47. The molecule has 0 amide bonds. The lowest BCUT2D eigenvalue weighted by molar-refractivity contribution is -0.0764. The van der Waals surface area contributed by atoms with E-state index in [1.54, 1.807) is 0 Å². The fraction of sp³-hybridized carbons (Fsp3) is 0.940. The standard InChI is InChI=1S/C11H23N.C10H19N.C10H15N.2C9H19NO.2C9H19N.C8H17NO.C8H17N/c1-9-7-6-8-10(2)12(9)11(3,4)5;1-8(2)11-6-5-10(7-11)9-3-4-9;1-7(2)10-8(3)5-11-6-9(10)4;1-7(2)10-5-8(3)11-9(4)6-10;1-8(2)10-5-6-11-7-9(10,3)4;2*1-8(2)10-7-5-4-6-9(10)3;1-7(2)9-4-5-10-6-8(9)3;1-8(2)9-6-4-3-5-7-9/h9-10H,6-8H2,1-5H3;8-10H,3-7H2,1-2H3;5-7H,1-4H3;7-9H,5-6H2,1-4H3;8H,5-7H2,1-4H3;2*8-9H,4-7H2,1-3H3;7-8H,4-6H2,1-3H3;8H,3-7H2,1-2H3/t;10-;;8-,9+;;9-;;8-;/m.1...1.1./s1. The maximum Gasteiger partial charge on any atom is 0.0678 e. The van der Waals surface area contributed by atoms with E-state index in [1.165, 1.54) is 152 Å². The Morgan fingerprint density at radius 3 is 1.18 bits per heavy atom. The summed E-state index contributed by atoms with van der Waals surface area (Å²) in [6.45, 7) is 83.8. The molecule has 95 heavy (non-hydrogen) atoms. The average molecular weight is 1340 g/mol. The highest BCUT2D eigenvalue weighted by Gasteiger charge is 2.37. The van der Waals surface area contributed by atoms with E-state index in [9.17, 15) is 0 Å². The summed E-state index contributed by atoms with van der Waals surface area (Å²) in [6, 6.07) is 8.80. The molecule has 1 aliphatic carbocycles. The van der Waals surface area contributed by atoms with Crippen LogP contribution < -0.4 is 0 Å². The molecule has 8 saturated heterocycles. The third-order valence-corrected chi connectivity index (χ3v) is 22.0. The van der Waals surface area contributed by atoms with E-state index < -0.39 is 0 Å². The number of hydrogen-bond donors (Lipinski definition) is 0. The summed E-state index contributed by atoms with van der Waals surface area (Å²) in [4.78, 5) is 24.6. The van der Waals surface area contributed by atoms with Crippen LogP contribution in [0.2, 0.25) is 0 Å². The van der Waals surface area contributed by atoms with Gasteiger partial charge in [-0.2, -0.15) is 0 Å². The van der Waals surface area contributed by atoms with E-state index in [2.05, 4.69) is 252 Å². The number of piperidine rings is 4. The van der Waals surface area contributed by atoms with Crippen molar-refractivity contribution in [1.82, 2.24) is 44.2 Å². The quantitative estimate of drug-likeness (QED) is 0.237. The van der Waals surface area contributed by atoms with Crippen molar-refractivity contribution in [2.45, 2.75) is 406 Å². The van der Waals surface area contributed by atoms with Crippen molar-refractivity contribution in [3.63, 3.8) is 0 Å². The molecule has 10 rings (SSSR count). The van der Waals surface area contributed by atoms with Crippen molar-refractivity contribution in [2.75, 3.05) is 91.9 Å². The second-order valence-corrected chi connectivity index (χ2v) is 34.8. The molecule has 562 valence electrons. The molecule has 8 aliphatic heterocycles. The largest absolute Gasteiger partial charge is 0.379 e. The van der Waals surface area contributed by atoms with Gasteiger partial charge in [0.15, 0.2) is 0 Å². The average Bonchev–Trinajstić information content (AvgIpc) is 1.85. The summed E-state index contributed by atoms with van der Waals surface area (Å²) < 4.78 is 16.4. The number of pyridine rings is 1. The van der Waals surface area contributed by atoms with Gasteiger partial charge in [0.2, 0.25) is 0 Å². The molecule has 9 fully saturated rings. The Kier molecular flexibility index (Phi) is 43.8. The van der Waals surface area contributed by atoms with Crippen LogP contribution in [-0.4, -0.2) is 232 Å². The molecule has 0 spiro atoms. The number of aryl methyl sites for hydroxylation is 2. The Morgan fingerprint density at radius 1 is 0.421 bits per heavy atom. The molecule has 12 nitrogen and oxygen atoms in total. The van der Waals surface area contributed by atoms with Gasteiger partial charge >= 0.3 is 0 Å². The lowest BCUT2D eigenvalue weighted by Crippen LogP contribution is -2.55. The second kappa shape index (κ2) is 46.3. The van der Waals surface area contributed by atoms with Gasteiger partial charge in [-0.25, -0.2) is 0 Å². The molecule has 8 atom stereocenters. The fourth-order valence-corrected chi connectivity index (χ4v) is 16.8. The zero-order valence-corrected chi connectivity index (χ0v) is 69.2. The zero-order valence-electron chi connectivity index (χ0n) is 69.2. The third kappa shape index (κ3) is 35.0. The highest BCUT2D eigenvalue weighted by Crippen LogP contribution is 2.41. The third-order valence-electron chi connectivity index (χ3n) is 22.0. The summed E-state index contributed by atoms with van der Waals surface area (Å²) in [6.07, 6.45) is 26.1. The summed E-state index contributed by atoms with van der Waals surface area (Å²) in [5, 5.41) is 0. The predicted molar refractivity (Wildman–Crippen MR) is 416 cm³/mol. The molecule has 0 N–H and O–H groups in total. The maximum atomic E-state index is 5.62. The summed E-state index contributed by atoms with van der Waals surface area (Å²) in [7, 11) is 0. The van der Waals surface area contributed by atoms with Crippen molar-refractivity contribution >= 4 is 0 Å². The maximum absolute atomic E-state index is 5.62. The summed E-state index contributed by atoms with van der Waals surface area (Å²) in [5.74, 6) is 2.80. The number of hydrogen-bond acceptors (Lipinski definition) is 12. The van der Waals surface area contributed by atoms with E-state index in [1.807, 2.05) is 12.4 Å². The van der Waals surface area contributed by atoms with Gasteiger partial charge < -0.3 is 24.0 Å². The van der Waals surface area contributed by atoms with Gasteiger partial charge in [0.05, 0.1) is 38.6 Å². The molecular formula is C83H167N9O3. The number of rotatable bonds is 9. The predicted octanol–water partition coefficient (Wildman–Crippen LogP) is 18.5. The molecule has 3 unspecified atom stereocenters. The van der Waals surface area contributed by atoms with Gasteiger partial charge in [-0.1, -0.05) is 39.5 Å². The highest BCUT2D eigenvalue weighted by molar-refractivity contribution is 5.32. The molecule has 12 heteroatoms.